The van der Waals surface area contributed by atoms with Crippen molar-refractivity contribution in [2.24, 2.45) is 5.73 Å². The summed E-state index contributed by atoms with van der Waals surface area (Å²) in [5.74, 6) is 0.813. The first-order valence-electron chi connectivity index (χ1n) is 8.26. The average molecular weight is 291 g/mol. The summed E-state index contributed by atoms with van der Waals surface area (Å²) in [6.45, 7) is 9.46. The fourth-order valence-electron chi connectivity index (χ4n) is 3.66. The zero-order valence-electron chi connectivity index (χ0n) is 13.6. The van der Waals surface area contributed by atoms with Gasteiger partial charge in [0.2, 0.25) is 0 Å². The minimum absolute atomic E-state index is 0.0292. The third-order valence-electron chi connectivity index (χ3n) is 4.94. The molecule has 1 fully saturated rings. The number of aromatic nitrogens is 1. The lowest BCUT2D eigenvalue weighted by molar-refractivity contribution is 0.0764. The van der Waals surface area contributed by atoms with E-state index in [0.717, 1.165) is 37.2 Å². The van der Waals surface area contributed by atoms with Crippen molar-refractivity contribution in [2.75, 3.05) is 19.7 Å². The molecule has 0 amide bonds. The van der Waals surface area contributed by atoms with Gasteiger partial charge in [0, 0.05) is 17.8 Å². The van der Waals surface area contributed by atoms with Crippen LogP contribution < -0.4 is 10.5 Å². The lowest BCUT2D eigenvalue weighted by Gasteiger charge is -2.45. The molecule has 2 heterocycles. The fourth-order valence-corrected chi connectivity index (χ4v) is 3.66. The van der Waals surface area contributed by atoms with Crippen molar-refractivity contribution in [1.82, 2.24) is 9.88 Å². The maximum Gasteiger partial charge on any atom is 0.137 e. The zero-order valence-corrected chi connectivity index (χ0v) is 13.6. The SMILES string of the molecule is CCOc1cncc(C(N)C(CC)(CC)N2CCCC2)c1. The van der Waals surface area contributed by atoms with Gasteiger partial charge in [0.1, 0.15) is 5.75 Å². The van der Waals surface area contributed by atoms with E-state index >= 15 is 0 Å². The largest absolute Gasteiger partial charge is 0.492 e. The predicted molar refractivity (Wildman–Crippen MR) is 86.5 cm³/mol. The molecule has 1 aromatic rings. The summed E-state index contributed by atoms with van der Waals surface area (Å²) in [6, 6.07) is 2.02. The molecule has 4 nitrogen and oxygen atoms in total. The van der Waals surface area contributed by atoms with Crippen LogP contribution in [0.3, 0.4) is 0 Å². The van der Waals surface area contributed by atoms with Crippen LogP contribution in [0.25, 0.3) is 0 Å². The van der Waals surface area contributed by atoms with E-state index in [0.29, 0.717) is 6.61 Å². The van der Waals surface area contributed by atoms with Gasteiger partial charge in [-0.2, -0.15) is 0 Å². The van der Waals surface area contributed by atoms with Gasteiger partial charge < -0.3 is 10.5 Å². The highest BCUT2D eigenvalue weighted by atomic mass is 16.5. The van der Waals surface area contributed by atoms with Crippen molar-refractivity contribution < 1.29 is 4.74 Å². The number of likely N-dealkylation sites (tertiary alicyclic amines) is 1. The van der Waals surface area contributed by atoms with Gasteiger partial charge in [-0.25, -0.2) is 0 Å². The molecule has 21 heavy (non-hydrogen) atoms. The van der Waals surface area contributed by atoms with Crippen molar-refractivity contribution in [3.05, 3.63) is 24.0 Å². The standard InChI is InChI=1S/C17H29N3O/c1-4-17(5-2,20-9-7-8-10-20)16(18)14-11-15(21-6-3)13-19-12-14/h11-13,16H,4-10,18H2,1-3H3. The van der Waals surface area contributed by atoms with Crippen LogP contribution in [-0.4, -0.2) is 35.1 Å². The van der Waals surface area contributed by atoms with Crippen molar-refractivity contribution in [3.63, 3.8) is 0 Å². The van der Waals surface area contributed by atoms with E-state index in [4.69, 9.17) is 10.5 Å². The normalized spacial score (nSPS) is 17.9. The molecular formula is C17H29N3O. The van der Waals surface area contributed by atoms with Crippen LogP contribution in [0.5, 0.6) is 5.75 Å². The van der Waals surface area contributed by atoms with Gasteiger partial charge in [-0.1, -0.05) is 13.8 Å². The number of hydrogen-bond donors (Lipinski definition) is 1. The summed E-state index contributed by atoms with van der Waals surface area (Å²) in [4.78, 5) is 6.90. The molecular weight excluding hydrogens is 262 g/mol. The monoisotopic (exact) mass is 291 g/mol. The zero-order chi connectivity index (χ0) is 15.3. The molecule has 1 aliphatic rings. The quantitative estimate of drug-likeness (QED) is 0.838. The van der Waals surface area contributed by atoms with Crippen LogP contribution in [0.15, 0.2) is 18.5 Å². The molecule has 4 heteroatoms. The first-order chi connectivity index (χ1) is 10.2. The Hall–Kier alpha value is -1.13. The molecule has 1 aromatic heterocycles. The van der Waals surface area contributed by atoms with Crippen molar-refractivity contribution in [2.45, 2.75) is 58.0 Å². The molecule has 1 aliphatic heterocycles. The number of ether oxygens (including phenoxy) is 1. The maximum atomic E-state index is 6.70. The first kappa shape index (κ1) is 16.2. The Labute approximate surface area is 128 Å². The molecule has 0 bridgehead atoms. The van der Waals surface area contributed by atoms with Crippen molar-refractivity contribution in [1.29, 1.82) is 0 Å². The fraction of sp³-hybridized carbons (Fsp3) is 0.706. The van der Waals surface area contributed by atoms with Crippen molar-refractivity contribution >= 4 is 0 Å². The van der Waals surface area contributed by atoms with E-state index < -0.39 is 0 Å². The Morgan fingerprint density at radius 1 is 1.24 bits per heavy atom. The molecule has 1 saturated heterocycles. The third kappa shape index (κ3) is 3.22. The van der Waals surface area contributed by atoms with Gasteiger partial charge in [-0.3, -0.25) is 9.88 Å². The van der Waals surface area contributed by atoms with Gasteiger partial charge in [0.05, 0.1) is 12.8 Å². The summed E-state index contributed by atoms with van der Waals surface area (Å²) in [5, 5.41) is 0. The van der Waals surface area contributed by atoms with Gasteiger partial charge in [0.15, 0.2) is 0 Å². The number of rotatable bonds is 7. The highest BCUT2D eigenvalue weighted by Crippen LogP contribution is 2.38. The van der Waals surface area contributed by atoms with E-state index in [2.05, 4.69) is 29.8 Å². The van der Waals surface area contributed by atoms with Crippen LogP contribution in [0.2, 0.25) is 0 Å². The minimum atomic E-state index is -0.0292. The Bertz CT molecular complexity index is 439. The summed E-state index contributed by atoms with van der Waals surface area (Å²) in [6.07, 6.45) is 8.34. The highest BCUT2D eigenvalue weighted by molar-refractivity contribution is 5.28. The predicted octanol–water partition coefficient (Wildman–Crippen LogP) is 3.13. The highest BCUT2D eigenvalue weighted by Gasteiger charge is 2.41. The van der Waals surface area contributed by atoms with Gasteiger partial charge in [-0.15, -0.1) is 0 Å². The topological polar surface area (TPSA) is 51.4 Å². The third-order valence-corrected chi connectivity index (χ3v) is 4.94. The molecule has 1 unspecified atom stereocenters. The molecule has 0 saturated carbocycles. The molecule has 2 N–H and O–H groups in total. The Morgan fingerprint density at radius 2 is 1.90 bits per heavy atom. The molecule has 1 atom stereocenters. The molecule has 0 aliphatic carbocycles. The minimum Gasteiger partial charge on any atom is -0.492 e. The smallest absolute Gasteiger partial charge is 0.137 e. The summed E-state index contributed by atoms with van der Waals surface area (Å²) >= 11 is 0. The van der Waals surface area contributed by atoms with Crippen molar-refractivity contribution in [3.8, 4) is 5.75 Å². The van der Waals surface area contributed by atoms with Gasteiger partial charge in [-0.05, 0) is 57.3 Å². The second-order valence-electron chi connectivity index (χ2n) is 5.87. The number of hydrogen-bond acceptors (Lipinski definition) is 4. The van der Waals surface area contributed by atoms with Crippen LogP contribution >= 0.6 is 0 Å². The van der Waals surface area contributed by atoms with E-state index in [1.807, 2.05) is 13.1 Å². The number of nitrogens with zero attached hydrogens (tertiary/aromatic N) is 2. The second-order valence-corrected chi connectivity index (χ2v) is 5.87. The Morgan fingerprint density at radius 3 is 2.48 bits per heavy atom. The summed E-state index contributed by atoms with van der Waals surface area (Å²) in [7, 11) is 0. The second kappa shape index (κ2) is 7.23. The van der Waals surface area contributed by atoms with Gasteiger partial charge >= 0.3 is 0 Å². The molecule has 0 aromatic carbocycles. The number of pyridine rings is 1. The Balaban J connectivity index is 2.29. The molecule has 0 radical (unpaired) electrons. The van der Waals surface area contributed by atoms with Crippen LogP contribution in [0, 0.1) is 0 Å². The van der Waals surface area contributed by atoms with E-state index in [1.165, 1.54) is 12.8 Å². The molecule has 2 rings (SSSR count). The molecule has 118 valence electrons. The van der Waals surface area contributed by atoms with Crippen LogP contribution in [-0.2, 0) is 0 Å². The lowest BCUT2D eigenvalue weighted by Crippen LogP contribution is -2.53. The van der Waals surface area contributed by atoms with E-state index in [-0.39, 0.29) is 11.6 Å². The van der Waals surface area contributed by atoms with Crippen LogP contribution in [0.4, 0.5) is 0 Å². The Kier molecular flexibility index (Phi) is 5.59. The average Bonchev–Trinajstić information content (AvgIpc) is 3.04. The summed E-state index contributed by atoms with van der Waals surface area (Å²) in [5.41, 5.74) is 7.81. The maximum absolute atomic E-state index is 6.70. The van der Waals surface area contributed by atoms with Crippen LogP contribution in [0.1, 0.15) is 58.1 Å². The lowest BCUT2D eigenvalue weighted by atomic mass is 9.80. The molecule has 0 spiro atoms. The summed E-state index contributed by atoms with van der Waals surface area (Å²) < 4.78 is 5.57. The van der Waals surface area contributed by atoms with E-state index in [9.17, 15) is 0 Å². The van der Waals surface area contributed by atoms with Gasteiger partial charge in [0.25, 0.3) is 0 Å². The van der Waals surface area contributed by atoms with E-state index in [1.54, 1.807) is 6.20 Å². The number of nitrogens with two attached hydrogens (primary N) is 1. The first-order valence-corrected chi connectivity index (χ1v) is 8.26.